The van der Waals surface area contributed by atoms with Gasteiger partial charge in [-0.1, -0.05) is 59.3 Å². The number of halogens is 1. The molecule has 1 atom stereocenters. The van der Waals surface area contributed by atoms with E-state index >= 15 is 0 Å². The summed E-state index contributed by atoms with van der Waals surface area (Å²) in [4.78, 5) is 32.1. The second-order valence-electron chi connectivity index (χ2n) is 9.48. The fourth-order valence-corrected chi connectivity index (χ4v) is 5.95. The second-order valence-corrected chi connectivity index (χ2v) is 10.9. The highest BCUT2D eigenvalue weighted by Crippen LogP contribution is 2.31. The highest BCUT2D eigenvalue weighted by Gasteiger charge is 2.33. The van der Waals surface area contributed by atoms with Crippen molar-refractivity contribution in [2.24, 2.45) is 4.99 Å². The zero-order valence-corrected chi connectivity index (χ0v) is 24.7. The minimum Gasteiger partial charge on any atom is -0.496 e. The third-order valence-electron chi connectivity index (χ3n) is 6.78. The molecule has 0 radical (unpaired) electrons. The SMILES string of the molecule is CCOC(=O)C1=C(C)N=c2s/c(=C/c3ccc(OC)c(COc4ccccc4C)c3)c(=O)n2C1c1ccc(Cl)cc1. The molecule has 2 heterocycles. The van der Waals surface area contributed by atoms with Gasteiger partial charge in [-0.25, -0.2) is 9.79 Å². The minimum atomic E-state index is -0.696. The van der Waals surface area contributed by atoms with Crippen LogP contribution in [0.15, 0.2) is 87.8 Å². The van der Waals surface area contributed by atoms with Gasteiger partial charge in [-0.3, -0.25) is 9.36 Å². The first kappa shape index (κ1) is 28.4. The molecule has 1 aromatic heterocycles. The Morgan fingerprint density at radius 3 is 2.54 bits per heavy atom. The average Bonchev–Trinajstić information content (AvgIpc) is 3.26. The highest BCUT2D eigenvalue weighted by molar-refractivity contribution is 7.07. The van der Waals surface area contributed by atoms with Gasteiger partial charge in [0.15, 0.2) is 4.80 Å². The Morgan fingerprint density at radius 1 is 1.07 bits per heavy atom. The van der Waals surface area contributed by atoms with Crippen LogP contribution in [0.4, 0.5) is 0 Å². The standard InChI is InChI=1S/C32H29ClN2O5S/c1-5-39-31(37)28-20(3)34-32-35(29(28)22-11-13-24(33)14-12-22)30(36)27(41-32)17-21-10-15-26(38-4)23(16-21)18-40-25-9-7-6-8-19(25)2/h6-17,29H,5,18H2,1-4H3/b27-17+. The van der Waals surface area contributed by atoms with E-state index in [1.165, 1.54) is 11.3 Å². The Labute approximate surface area is 246 Å². The number of aromatic nitrogens is 1. The van der Waals surface area contributed by atoms with Crippen molar-refractivity contribution in [3.63, 3.8) is 0 Å². The first-order valence-corrected chi connectivity index (χ1v) is 14.3. The number of allylic oxidation sites excluding steroid dienone is 1. The summed E-state index contributed by atoms with van der Waals surface area (Å²) >= 11 is 7.41. The summed E-state index contributed by atoms with van der Waals surface area (Å²) in [5, 5.41) is 0.557. The van der Waals surface area contributed by atoms with E-state index in [-0.39, 0.29) is 12.2 Å². The summed E-state index contributed by atoms with van der Waals surface area (Å²) in [5.41, 5.74) is 4.01. The summed E-state index contributed by atoms with van der Waals surface area (Å²) in [7, 11) is 1.62. The van der Waals surface area contributed by atoms with Crippen molar-refractivity contribution in [1.82, 2.24) is 4.57 Å². The van der Waals surface area contributed by atoms with Crippen molar-refractivity contribution in [1.29, 1.82) is 0 Å². The van der Waals surface area contributed by atoms with Crippen LogP contribution < -0.4 is 24.4 Å². The number of aryl methyl sites for hydroxylation is 1. The molecule has 0 saturated carbocycles. The summed E-state index contributed by atoms with van der Waals surface area (Å²) < 4.78 is 19.0. The Balaban J connectivity index is 1.58. The van der Waals surface area contributed by atoms with Crippen molar-refractivity contribution in [2.75, 3.05) is 13.7 Å². The molecule has 0 amide bonds. The molecular formula is C32H29ClN2O5S. The van der Waals surface area contributed by atoms with E-state index in [4.69, 9.17) is 25.8 Å². The number of hydrogen-bond acceptors (Lipinski definition) is 7. The van der Waals surface area contributed by atoms with Gasteiger partial charge in [0.05, 0.1) is 35.6 Å². The number of methoxy groups -OCH3 is 1. The molecule has 0 N–H and O–H groups in total. The molecule has 1 aliphatic rings. The molecule has 9 heteroatoms. The van der Waals surface area contributed by atoms with Crippen molar-refractivity contribution in [2.45, 2.75) is 33.4 Å². The number of para-hydroxylation sites is 1. The normalized spacial score (nSPS) is 14.9. The van der Waals surface area contributed by atoms with E-state index in [9.17, 15) is 9.59 Å². The first-order valence-electron chi connectivity index (χ1n) is 13.1. The van der Waals surface area contributed by atoms with Crippen LogP contribution in [0.5, 0.6) is 11.5 Å². The number of benzene rings is 3. The van der Waals surface area contributed by atoms with Crippen LogP contribution in [0.1, 0.15) is 42.1 Å². The van der Waals surface area contributed by atoms with E-state index in [1.807, 2.05) is 67.6 Å². The Bertz CT molecular complexity index is 1820. The predicted octanol–water partition coefficient (Wildman–Crippen LogP) is 5.35. The zero-order chi connectivity index (χ0) is 29.1. The van der Waals surface area contributed by atoms with Gasteiger partial charge in [-0.2, -0.15) is 0 Å². The molecular weight excluding hydrogens is 560 g/mol. The lowest BCUT2D eigenvalue weighted by Crippen LogP contribution is -2.39. The largest absolute Gasteiger partial charge is 0.496 e. The average molecular weight is 589 g/mol. The van der Waals surface area contributed by atoms with Gasteiger partial charge in [0.1, 0.15) is 18.1 Å². The number of fused-ring (bicyclic) bond motifs is 1. The highest BCUT2D eigenvalue weighted by atomic mass is 35.5. The van der Waals surface area contributed by atoms with E-state index in [1.54, 1.807) is 37.7 Å². The van der Waals surface area contributed by atoms with Crippen LogP contribution in [0.25, 0.3) is 6.08 Å². The van der Waals surface area contributed by atoms with Gasteiger partial charge < -0.3 is 14.2 Å². The summed E-state index contributed by atoms with van der Waals surface area (Å²) in [6, 6.07) is 19.9. The summed E-state index contributed by atoms with van der Waals surface area (Å²) in [6.07, 6.45) is 1.82. The van der Waals surface area contributed by atoms with E-state index in [2.05, 4.69) is 4.99 Å². The molecule has 210 valence electrons. The van der Waals surface area contributed by atoms with E-state index in [0.29, 0.717) is 38.0 Å². The molecule has 3 aromatic carbocycles. The van der Waals surface area contributed by atoms with Gasteiger partial charge in [0.2, 0.25) is 0 Å². The van der Waals surface area contributed by atoms with Crippen LogP contribution in [-0.4, -0.2) is 24.3 Å². The Hall–Kier alpha value is -4.14. The van der Waals surface area contributed by atoms with Crippen molar-refractivity contribution < 1.29 is 19.0 Å². The number of thiazole rings is 1. The lowest BCUT2D eigenvalue weighted by atomic mass is 9.96. The lowest BCUT2D eigenvalue weighted by molar-refractivity contribution is -0.139. The molecule has 0 saturated heterocycles. The van der Waals surface area contributed by atoms with Crippen LogP contribution in [0, 0.1) is 6.92 Å². The number of nitrogens with zero attached hydrogens (tertiary/aromatic N) is 2. The maximum absolute atomic E-state index is 13.9. The minimum absolute atomic E-state index is 0.209. The third-order valence-corrected chi connectivity index (χ3v) is 8.02. The van der Waals surface area contributed by atoms with Crippen LogP contribution >= 0.6 is 22.9 Å². The molecule has 0 bridgehead atoms. The lowest BCUT2D eigenvalue weighted by Gasteiger charge is -2.24. The Kier molecular flexibility index (Phi) is 8.42. The van der Waals surface area contributed by atoms with Crippen LogP contribution in [-0.2, 0) is 16.1 Å². The van der Waals surface area contributed by atoms with Crippen molar-refractivity contribution in [3.05, 3.63) is 125 Å². The van der Waals surface area contributed by atoms with E-state index in [0.717, 1.165) is 28.0 Å². The monoisotopic (exact) mass is 588 g/mol. The number of esters is 1. The number of carbonyl (C=O) groups excluding carboxylic acids is 1. The topological polar surface area (TPSA) is 79.1 Å². The molecule has 0 spiro atoms. The van der Waals surface area contributed by atoms with Gasteiger partial charge in [-0.05, 0) is 73.9 Å². The van der Waals surface area contributed by atoms with Gasteiger partial charge in [0, 0.05) is 10.6 Å². The fourth-order valence-electron chi connectivity index (χ4n) is 4.78. The van der Waals surface area contributed by atoms with Crippen molar-refractivity contribution in [3.8, 4) is 11.5 Å². The third kappa shape index (κ3) is 5.85. The van der Waals surface area contributed by atoms with Gasteiger partial charge in [-0.15, -0.1) is 0 Å². The molecule has 1 unspecified atom stereocenters. The summed E-state index contributed by atoms with van der Waals surface area (Å²) in [6.45, 7) is 6.01. The molecule has 7 nitrogen and oxygen atoms in total. The van der Waals surface area contributed by atoms with E-state index < -0.39 is 12.0 Å². The number of hydrogen-bond donors (Lipinski definition) is 0. The van der Waals surface area contributed by atoms with Crippen molar-refractivity contribution >= 4 is 35.0 Å². The predicted molar refractivity (Wildman–Crippen MR) is 160 cm³/mol. The number of rotatable bonds is 8. The quantitative estimate of drug-likeness (QED) is 0.259. The molecule has 0 fully saturated rings. The molecule has 0 aliphatic carbocycles. The maximum Gasteiger partial charge on any atom is 0.338 e. The Morgan fingerprint density at radius 2 is 1.83 bits per heavy atom. The fraction of sp³-hybridized carbons (Fsp3) is 0.219. The molecule has 5 rings (SSSR count). The van der Waals surface area contributed by atoms with Crippen LogP contribution in [0.3, 0.4) is 0 Å². The molecule has 41 heavy (non-hydrogen) atoms. The zero-order valence-electron chi connectivity index (χ0n) is 23.1. The second kappa shape index (κ2) is 12.2. The molecule has 4 aromatic rings. The first-order chi connectivity index (χ1) is 19.8. The van der Waals surface area contributed by atoms with Gasteiger partial charge >= 0.3 is 5.97 Å². The van der Waals surface area contributed by atoms with Gasteiger partial charge in [0.25, 0.3) is 5.56 Å². The molecule has 1 aliphatic heterocycles. The summed E-state index contributed by atoms with van der Waals surface area (Å²) in [5.74, 6) is 0.981. The smallest absolute Gasteiger partial charge is 0.338 e. The number of ether oxygens (including phenoxy) is 3. The van der Waals surface area contributed by atoms with Crippen LogP contribution in [0.2, 0.25) is 5.02 Å². The maximum atomic E-state index is 13.9. The number of carbonyl (C=O) groups is 1.